The molecule has 9 heteroatoms. The van der Waals surface area contributed by atoms with Crippen LogP contribution in [0.5, 0.6) is 0 Å². The molecule has 0 radical (unpaired) electrons. The smallest absolute Gasteiger partial charge is 0.348 e. The fourth-order valence-electron chi connectivity index (χ4n) is 3.81. The second-order valence-corrected chi connectivity index (χ2v) is 8.21. The summed E-state index contributed by atoms with van der Waals surface area (Å²) in [5, 5.41) is 18.4. The van der Waals surface area contributed by atoms with Crippen LogP contribution in [-0.2, 0) is 19.4 Å². The third-order valence-corrected chi connectivity index (χ3v) is 5.73. The van der Waals surface area contributed by atoms with Gasteiger partial charge < -0.3 is 9.67 Å². The van der Waals surface area contributed by atoms with Crippen molar-refractivity contribution in [3.05, 3.63) is 89.0 Å². The SMILES string of the molecule is CCCCc1ncc(C(=O)N(CCCc2ccccc2)C(=O)NO)n1Cc1ccc(C(=O)O)cc1. The van der Waals surface area contributed by atoms with E-state index in [0.717, 1.165) is 28.9 Å². The van der Waals surface area contributed by atoms with E-state index in [1.165, 1.54) is 18.3 Å². The number of aromatic carboxylic acids is 1. The third kappa shape index (κ3) is 6.77. The fourth-order valence-corrected chi connectivity index (χ4v) is 3.81. The minimum absolute atomic E-state index is 0.114. The molecule has 3 amide bonds. The number of hydrogen-bond acceptors (Lipinski definition) is 5. The molecule has 35 heavy (non-hydrogen) atoms. The van der Waals surface area contributed by atoms with Crippen molar-refractivity contribution in [1.29, 1.82) is 0 Å². The van der Waals surface area contributed by atoms with E-state index in [-0.39, 0.29) is 17.8 Å². The topological polar surface area (TPSA) is 125 Å². The molecule has 184 valence electrons. The molecule has 3 aromatic rings. The van der Waals surface area contributed by atoms with Gasteiger partial charge in [-0.25, -0.2) is 20.1 Å². The van der Waals surface area contributed by atoms with Gasteiger partial charge in [-0.1, -0.05) is 55.8 Å². The zero-order valence-corrected chi connectivity index (χ0v) is 19.7. The van der Waals surface area contributed by atoms with Gasteiger partial charge in [-0.15, -0.1) is 0 Å². The summed E-state index contributed by atoms with van der Waals surface area (Å²) in [5.74, 6) is -0.881. The highest BCUT2D eigenvalue weighted by Gasteiger charge is 2.26. The van der Waals surface area contributed by atoms with Gasteiger partial charge in [0.25, 0.3) is 5.91 Å². The van der Waals surface area contributed by atoms with Gasteiger partial charge in [0.2, 0.25) is 0 Å². The molecule has 3 rings (SSSR count). The molecule has 2 aromatic carbocycles. The minimum atomic E-state index is -1.01. The van der Waals surface area contributed by atoms with Crippen LogP contribution in [-0.4, -0.2) is 49.2 Å². The lowest BCUT2D eigenvalue weighted by atomic mass is 10.1. The predicted octanol–water partition coefficient (Wildman–Crippen LogP) is 4.15. The Morgan fingerprint density at radius 2 is 1.69 bits per heavy atom. The Labute approximate surface area is 204 Å². The number of urea groups is 1. The molecule has 0 aliphatic rings. The maximum absolute atomic E-state index is 13.4. The Kier molecular flexibility index (Phi) is 9.14. The largest absolute Gasteiger partial charge is 0.478 e. The molecule has 0 aliphatic heterocycles. The Balaban J connectivity index is 1.84. The van der Waals surface area contributed by atoms with E-state index in [0.29, 0.717) is 31.6 Å². The number of amides is 3. The zero-order chi connectivity index (χ0) is 25.2. The molecule has 0 spiro atoms. The van der Waals surface area contributed by atoms with E-state index in [2.05, 4.69) is 11.9 Å². The highest BCUT2D eigenvalue weighted by atomic mass is 16.5. The number of hydrogen-bond donors (Lipinski definition) is 3. The highest BCUT2D eigenvalue weighted by Crippen LogP contribution is 2.16. The number of rotatable bonds is 11. The van der Waals surface area contributed by atoms with Gasteiger partial charge in [0.15, 0.2) is 0 Å². The number of nitrogens with one attached hydrogen (secondary N) is 1. The summed E-state index contributed by atoms with van der Waals surface area (Å²) in [6, 6.07) is 15.2. The molecular formula is C26H30N4O5. The van der Waals surface area contributed by atoms with Crippen molar-refractivity contribution in [2.45, 2.75) is 45.6 Å². The summed E-state index contributed by atoms with van der Waals surface area (Å²) in [5.41, 5.74) is 3.85. The van der Waals surface area contributed by atoms with Crippen LogP contribution >= 0.6 is 0 Å². The molecule has 0 fully saturated rings. The Hall–Kier alpha value is -3.98. The first kappa shape index (κ1) is 25.6. The average molecular weight is 479 g/mol. The van der Waals surface area contributed by atoms with Crippen LogP contribution in [0.25, 0.3) is 0 Å². The number of carboxylic acid groups (broad SMARTS) is 1. The van der Waals surface area contributed by atoms with Gasteiger partial charge in [0, 0.05) is 19.5 Å². The van der Waals surface area contributed by atoms with Crippen molar-refractivity contribution < 1.29 is 24.7 Å². The van der Waals surface area contributed by atoms with Gasteiger partial charge >= 0.3 is 12.0 Å². The van der Waals surface area contributed by atoms with Crippen molar-refractivity contribution in [3.8, 4) is 0 Å². The maximum atomic E-state index is 13.4. The van der Waals surface area contributed by atoms with E-state index < -0.39 is 17.9 Å². The number of carbonyl (C=O) groups is 3. The summed E-state index contributed by atoms with van der Waals surface area (Å²) < 4.78 is 1.75. The molecular weight excluding hydrogens is 448 g/mol. The lowest BCUT2D eigenvalue weighted by Crippen LogP contribution is -2.44. The molecule has 0 saturated carbocycles. The Morgan fingerprint density at radius 3 is 2.31 bits per heavy atom. The quantitative estimate of drug-likeness (QED) is 0.281. The van der Waals surface area contributed by atoms with Crippen molar-refractivity contribution in [3.63, 3.8) is 0 Å². The summed E-state index contributed by atoms with van der Waals surface area (Å²) >= 11 is 0. The molecule has 9 nitrogen and oxygen atoms in total. The van der Waals surface area contributed by atoms with Gasteiger partial charge in [-0.2, -0.15) is 0 Å². The summed E-state index contributed by atoms with van der Waals surface area (Å²) in [6.07, 6.45) is 5.12. The lowest BCUT2D eigenvalue weighted by Gasteiger charge is -2.21. The molecule has 0 bridgehead atoms. The second kappa shape index (κ2) is 12.5. The van der Waals surface area contributed by atoms with Crippen molar-refractivity contribution >= 4 is 17.9 Å². The number of unbranched alkanes of at least 4 members (excludes halogenated alkanes) is 1. The normalized spacial score (nSPS) is 10.7. The lowest BCUT2D eigenvalue weighted by molar-refractivity contribution is 0.0694. The van der Waals surface area contributed by atoms with Crippen LogP contribution in [0, 0.1) is 0 Å². The molecule has 0 aliphatic carbocycles. The number of nitrogens with zero attached hydrogens (tertiary/aromatic N) is 3. The fraction of sp³-hybridized carbons (Fsp3) is 0.308. The van der Waals surface area contributed by atoms with Crippen LogP contribution in [0.1, 0.15) is 64.0 Å². The number of imidazole rings is 1. The number of benzene rings is 2. The molecule has 0 atom stereocenters. The van der Waals surface area contributed by atoms with E-state index in [1.807, 2.05) is 30.3 Å². The summed E-state index contributed by atoms with van der Waals surface area (Å²) in [4.78, 5) is 42.4. The summed E-state index contributed by atoms with van der Waals surface area (Å²) in [7, 11) is 0. The van der Waals surface area contributed by atoms with Crippen molar-refractivity contribution in [2.24, 2.45) is 0 Å². The average Bonchev–Trinajstić information content (AvgIpc) is 3.27. The molecule has 1 heterocycles. The van der Waals surface area contributed by atoms with Crippen LogP contribution in [0.3, 0.4) is 0 Å². The first-order valence-electron chi connectivity index (χ1n) is 11.6. The van der Waals surface area contributed by atoms with Crippen LogP contribution in [0.2, 0.25) is 0 Å². The maximum Gasteiger partial charge on any atom is 0.348 e. The Morgan fingerprint density at radius 1 is 0.971 bits per heavy atom. The number of imide groups is 1. The van der Waals surface area contributed by atoms with Crippen LogP contribution in [0.15, 0.2) is 60.8 Å². The van der Waals surface area contributed by atoms with Crippen molar-refractivity contribution in [1.82, 2.24) is 19.9 Å². The standard InChI is InChI=1S/C26H30N4O5/c1-2-3-11-23-27-17-22(30(23)18-20-12-14-21(15-13-20)25(32)33)24(31)29(26(34)28-35)16-7-10-19-8-5-4-6-9-19/h4-6,8-9,12-15,17,35H,2-3,7,10-11,16,18H2,1H3,(H,28,34)(H,32,33). The van der Waals surface area contributed by atoms with Gasteiger partial charge in [0.1, 0.15) is 11.5 Å². The van der Waals surface area contributed by atoms with E-state index in [1.54, 1.807) is 22.2 Å². The third-order valence-electron chi connectivity index (χ3n) is 5.73. The Bertz CT molecular complexity index is 1140. The number of aryl methyl sites for hydroxylation is 2. The molecule has 0 saturated heterocycles. The zero-order valence-electron chi connectivity index (χ0n) is 19.7. The monoisotopic (exact) mass is 478 g/mol. The van der Waals surface area contributed by atoms with E-state index in [4.69, 9.17) is 5.11 Å². The number of carbonyl (C=O) groups excluding carboxylic acids is 2. The summed E-state index contributed by atoms with van der Waals surface area (Å²) in [6.45, 7) is 2.46. The number of hydroxylamine groups is 1. The van der Waals surface area contributed by atoms with Crippen molar-refractivity contribution in [2.75, 3.05) is 6.54 Å². The van der Waals surface area contributed by atoms with E-state index in [9.17, 15) is 19.6 Å². The van der Waals surface area contributed by atoms with Gasteiger partial charge in [-0.3, -0.25) is 14.9 Å². The van der Waals surface area contributed by atoms with Crippen LogP contribution in [0.4, 0.5) is 4.79 Å². The first-order chi connectivity index (χ1) is 16.9. The van der Waals surface area contributed by atoms with Crippen LogP contribution < -0.4 is 5.48 Å². The predicted molar refractivity (Wildman–Crippen MR) is 129 cm³/mol. The minimum Gasteiger partial charge on any atom is -0.478 e. The number of aromatic nitrogens is 2. The molecule has 3 N–H and O–H groups in total. The molecule has 1 aromatic heterocycles. The second-order valence-electron chi connectivity index (χ2n) is 8.21. The van der Waals surface area contributed by atoms with Gasteiger partial charge in [0.05, 0.1) is 11.8 Å². The first-order valence-corrected chi connectivity index (χ1v) is 11.6. The van der Waals surface area contributed by atoms with E-state index >= 15 is 0 Å². The van der Waals surface area contributed by atoms with Gasteiger partial charge in [-0.05, 0) is 42.5 Å². The number of carboxylic acids is 1. The highest BCUT2D eigenvalue weighted by molar-refractivity contribution is 6.03. The molecule has 0 unspecified atom stereocenters.